The maximum absolute atomic E-state index is 8.64. The van der Waals surface area contributed by atoms with Gasteiger partial charge < -0.3 is 4.74 Å². The summed E-state index contributed by atoms with van der Waals surface area (Å²) in [6.45, 7) is 1.52. The van der Waals surface area contributed by atoms with Crippen molar-refractivity contribution in [2.45, 2.75) is 19.4 Å². The Kier molecular flexibility index (Phi) is 2.69. The van der Waals surface area contributed by atoms with Gasteiger partial charge in [0.1, 0.15) is 18.1 Å². The van der Waals surface area contributed by atoms with Gasteiger partial charge in [0.15, 0.2) is 0 Å². The highest BCUT2D eigenvalue weighted by Crippen LogP contribution is 2.26. The third-order valence-corrected chi connectivity index (χ3v) is 3.02. The van der Waals surface area contributed by atoms with E-state index in [-0.39, 0.29) is 5.82 Å². The van der Waals surface area contributed by atoms with E-state index in [4.69, 9.17) is 10.00 Å². The van der Waals surface area contributed by atoms with Gasteiger partial charge in [0.05, 0.1) is 6.61 Å². The van der Waals surface area contributed by atoms with E-state index in [1.165, 1.54) is 11.1 Å². The van der Waals surface area contributed by atoms with E-state index in [2.05, 4.69) is 22.2 Å². The lowest BCUT2D eigenvalue weighted by Gasteiger charge is -2.04. The summed E-state index contributed by atoms with van der Waals surface area (Å²) in [5, 5.41) is 12.7. The number of hydrogen-bond donors (Lipinski definition) is 0. The molecule has 0 spiro atoms. The fourth-order valence-corrected chi connectivity index (χ4v) is 2.09. The number of nitrogens with zero attached hydrogens (tertiary/aromatic N) is 4. The van der Waals surface area contributed by atoms with E-state index in [1.807, 2.05) is 12.1 Å². The largest absolute Gasteiger partial charge is 0.493 e. The summed E-state index contributed by atoms with van der Waals surface area (Å²) in [7, 11) is 0. The van der Waals surface area contributed by atoms with Crippen LogP contribution in [0.1, 0.15) is 17.0 Å². The second-order valence-corrected chi connectivity index (χ2v) is 4.23. The van der Waals surface area contributed by atoms with Crippen molar-refractivity contribution in [2.75, 3.05) is 6.61 Å². The summed E-state index contributed by atoms with van der Waals surface area (Å²) in [5.74, 6) is 1.23. The Morgan fingerprint density at radius 3 is 3.22 bits per heavy atom. The van der Waals surface area contributed by atoms with Crippen LogP contribution in [0.4, 0.5) is 0 Å². The molecule has 0 aliphatic carbocycles. The maximum Gasteiger partial charge on any atom is 0.252 e. The minimum absolute atomic E-state index is 0.220. The number of fused-ring (bicyclic) bond motifs is 1. The molecular formula is C13H12N4O. The highest BCUT2D eigenvalue weighted by atomic mass is 16.5. The highest BCUT2D eigenvalue weighted by molar-refractivity contribution is 5.39. The number of ether oxygens (including phenoxy) is 1. The van der Waals surface area contributed by atoms with Crippen molar-refractivity contribution in [2.24, 2.45) is 0 Å². The zero-order valence-electron chi connectivity index (χ0n) is 9.83. The van der Waals surface area contributed by atoms with Crippen molar-refractivity contribution >= 4 is 0 Å². The van der Waals surface area contributed by atoms with E-state index in [9.17, 15) is 0 Å². The van der Waals surface area contributed by atoms with Gasteiger partial charge in [0.2, 0.25) is 0 Å². The predicted molar refractivity (Wildman–Crippen MR) is 64.1 cm³/mol. The fraction of sp³-hybridized carbons (Fsp3) is 0.308. The number of aromatic nitrogens is 3. The van der Waals surface area contributed by atoms with Gasteiger partial charge in [0.25, 0.3) is 5.82 Å². The van der Waals surface area contributed by atoms with Gasteiger partial charge in [-0.1, -0.05) is 12.1 Å². The van der Waals surface area contributed by atoms with Gasteiger partial charge in [0, 0.05) is 13.0 Å². The quantitative estimate of drug-likeness (QED) is 0.811. The van der Waals surface area contributed by atoms with Crippen LogP contribution in [-0.4, -0.2) is 21.4 Å². The van der Waals surface area contributed by atoms with Crippen LogP contribution in [0.2, 0.25) is 0 Å². The molecule has 0 amide bonds. The van der Waals surface area contributed by atoms with Crippen LogP contribution in [0.5, 0.6) is 5.75 Å². The van der Waals surface area contributed by atoms with Crippen molar-refractivity contribution in [3.05, 3.63) is 41.5 Å². The molecule has 0 atom stereocenters. The van der Waals surface area contributed by atoms with Crippen LogP contribution in [0, 0.1) is 11.3 Å². The summed E-state index contributed by atoms with van der Waals surface area (Å²) < 4.78 is 7.17. The first-order valence-corrected chi connectivity index (χ1v) is 5.89. The molecule has 1 aromatic heterocycles. The third kappa shape index (κ3) is 2.05. The highest BCUT2D eigenvalue weighted by Gasteiger charge is 2.11. The van der Waals surface area contributed by atoms with Crippen LogP contribution < -0.4 is 4.74 Å². The first-order chi connectivity index (χ1) is 8.85. The topological polar surface area (TPSA) is 63.7 Å². The summed E-state index contributed by atoms with van der Waals surface area (Å²) in [6, 6.07) is 8.21. The Morgan fingerprint density at radius 2 is 2.39 bits per heavy atom. The molecule has 0 radical (unpaired) electrons. The number of hydrogen-bond acceptors (Lipinski definition) is 4. The van der Waals surface area contributed by atoms with Crippen molar-refractivity contribution in [1.29, 1.82) is 5.26 Å². The summed E-state index contributed by atoms with van der Waals surface area (Å²) >= 11 is 0. The Balaban J connectivity index is 1.68. The Bertz CT molecular complexity index is 612. The van der Waals surface area contributed by atoms with Crippen molar-refractivity contribution in [3.8, 4) is 11.8 Å². The minimum Gasteiger partial charge on any atom is -0.493 e. The maximum atomic E-state index is 8.64. The number of benzene rings is 1. The first kappa shape index (κ1) is 10.8. The van der Waals surface area contributed by atoms with Crippen molar-refractivity contribution < 1.29 is 4.74 Å². The predicted octanol–water partition coefficient (Wildman–Crippen LogP) is 1.33. The molecule has 0 fully saturated rings. The molecule has 3 rings (SSSR count). The first-order valence-electron chi connectivity index (χ1n) is 5.89. The molecule has 5 nitrogen and oxygen atoms in total. The molecule has 5 heteroatoms. The summed E-state index contributed by atoms with van der Waals surface area (Å²) in [5.41, 5.74) is 2.54. The van der Waals surface area contributed by atoms with Crippen molar-refractivity contribution in [1.82, 2.24) is 14.8 Å². The van der Waals surface area contributed by atoms with Gasteiger partial charge in [-0.15, -0.1) is 5.10 Å². The second-order valence-electron chi connectivity index (χ2n) is 4.23. The standard InChI is InChI=1S/C13H12N4O/c14-8-13-15-9-17(16-13)5-3-10-1-2-12-11(7-10)4-6-18-12/h1-2,7,9H,3-6H2. The Hall–Kier alpha value is -2.35. The van der Waals surface area contributed by atoms with Crippen LogP contribution in [-0.2, 0) is 19.4 Å². The van der Waals surface area contributed by atoms with Crippen LogP contribution >= 0.6 is 0 Å². The SMILES string of the molecule is N#Cc1ncn(CCc2ccc3c(c2)CCO3)n1. The average Bonchev–Trinajstić information content (AvgIpc) is 3.04. The monoisotopic (exact) mass is 240 g/mol. The average molecular weight is 240 g/mol. The molecular weight excluding hydrogens is 228 g/mol. The molecule has 0 saturated heterocycles. The smallest absolute Gasteiger partial charge is 0.252 e. The van der Waals surface area contributed by atoms with Gasteiger partial charge in [-0.05, 0) is 23.6 Å². The van der Waals surface area contributed by atoms with E-state index < -0.39 is 0 Å². The van der Waals surface area contributed by atoms with Crippen LogP contribution in [0.3, 0.4) is 0 Å². The minimum atomic E-state index is 0.220. The third-order valence-electron chi connectivity index (χ3n) is 3.02. The molecule has 0 unspecified atom stereocenters. The second kappa shape index (κ2) is 4.49. The van der Waals surface area contributed by atoms with E-state index in [0.717, 1.165) is 31.7 Å². The Labute approximate surface area is 105 Å². The number of aryl methyl sites for hydroxylation is 2. The van der Waals surface area contributed by atoms with E-state index in [1.54, 1.807) is 11.0 Å². The Morgan fingerprint density at radius 1 is 1.44 bits per heavy atom. The lowest BCUT2D eigenvalue weighted by Crippen LogP contribution is -2.02. The molecule has 2 heterocycles. The van der Waals surface area contributed by atoms with Crippen LogP contribution in [0.15, 0.2) is 24.5 Å². The zero-order chi connectivity index (χ0) is 12.4. The van der Waals surface area contributed by atoms with Crippen LogP contribution in [0.25, 0.3) is 0 Å². The summed E-state index contributed by atoms with van der Waals surface area (Å²) in [6.07, 6.45) is 3.46. The molecule has 90 valence electrons. The van der Waals surface area contributed by atoms with Gasteiger partial charge in [-0.3, -0.25) is 4.68 Å². The summed E-state index contributed by atoms with van der Waals surface area (Å²) in [4.78, 5) is 3.88. The molecule has 1 aliphatic rings. The lowest BCUT2D eigenvalue weighted by atomic mass is 10.1. The molecule has 1 aromatic carbocycles. The van der Waals surface area contributed by atoms with Gasteiger partial charge >= 0.3 is 0 Å². The van der Waals surface area contributed by atoms with E-state index >= 15 is 0 Å². The van der Waals surface area contributed by atoms with E-state index in [0.29, 0.717) is 0 Å². The molecule has 1 aliphatic heterocycles. The lowest BCUT2D eigenvalue weighted by molar-refractivity contribution is 0.357. The van der Waals surface area contributed by atoms with Crippen molar-refractivity contribution in [3.63, 3.8) is 0 Å². The molecule has 18 heavy (non-hydrogen) atoms. The fourth-order valence-electron chi connectivity index (χ4n) is 2.09. The molecule has 0 saturated carbocycles. The molecule has 0 N–H and O–H groups in total. The number of nitriles is 1. The molecule has 2 aromatic rings. The molecule has 0 bridgehead atoms. The number of rotatable bonds is 3. The normalized spacial score (nSPS) is 12.8. The van der Waals surface area contributed by atoms with Gasteiger partial charge in [-0.25, -0.2) is 4.98 Å². The van der Waals surface area contributed by atoms with Gasteiger partial charge in [-0.2, -0.15) is 5.26 Å². The zero-order valence-corrected chi connectivity index (χ0v) is 9.83.